The van der Waals surface area contributed by atoms with Crippen LogP contribution < -0.4 is 4.90 Å². The maximum atomic E-state index is 11.3. The van der Waals surface area contributed by atoms with Gasteiger partial charge < -0.3 is 10.0 Å². The summed E-state index contributed by atoms with van der Waals surface area (Å²) in [5.74, 6) is 0.583. The fourth-order valence-corrected chi connectivity index (χ4v) is 2.29. The molecule has 0 saturated carbocycles. The number of anilines is 1. The Morgan fingerprint density at radius 1 is 1.55 bits per heavy atom. The minimum Gasteiger partial charge on any atom is -0.512 e. The van der Waals surface area contributed by atoms with Gasteiger partial charge in [0.2, 0.25) is 5.16 Å². The summed E-state index contributed by atoms with van der Waals surface area (Å²) in [6, 6.07) is 4.89. The number of thioether (sulfide) groups is 1. The Kier molecular flexibility index (Phi) is 4.66. The molecule has 8 nitrogen and oxygen atoms in total. The Morgan fingerprint density at radius 2 is 2.27 bits per heavy atom. The molecule has 0 amide bonds. The number of H-pyrrole nitrogens is 1. The van der Waals surface area contributed by atoms with Crippen LogP contribution in [-0.4, -0.2) is 45.1 Å². The number of aromatic amines is 1. The molecular weight excluding hydrogens is 306 g/mol. The summed E-state index contributed by atoms with van der Waals surface area (Å²) >= 11 is 1.19. The summed E-state index contributed by atoms with van der Waals surface area (Å²) in [7, 11) is 3.62. The van der Waals surface area contributed by atoms with Crippen molar-refractivity contribution in [3.05, 3.63) is 40.7 Å². The molecule has 0 radical (unpaired) electrons. The van der Waals surface area contributed by atoms with Gasteiger partial charge in [-0.25, -0.2) is 4.98 Å². The van der Waals surface area contributed by atoms with Gasteiger partial charge in [-0.05, 0) is 12.1 Å². The van der Waals surface area contributed by atoms with Crippen molar-refractivity contribution in [2.24, 2.45) is 0 Å². The molecule has 116 valence electrons. The van der Waals surface area contributed by atoms with Crippen molar-refractivity contribution >= 4 is 23.1 Å². The molecule has 9 heteroatoms. The second-order valence-electron chi connectivity index (χ2n) is 4.67. The second-order valence-corrected chi connectivity index (χ2v) is 5.62. The molecule has 0 atom stereocenters. The molecule has 2 N–H and O–H groups in total. The van der Waals surface area contributed by atoms with Crippen LogP contribution in [-0.2, 0) is 0 Å². The number of nitro groups is 1. The summed E-state index contributed by atoms with van der Waals surface area (Å²) in [6.45, 7) is 3.37. The van der Waals surface area contributed by atoms with Gasteiger partial charge in [0.25, 0.3) is 5.69 Å². The third-order valence-electron chi connectivity index (χ3n) is 2.78. The molecule has 0 fully saturated rings. The maximum absolute atomic E-state index is 11.3. The molecule has 0 unspecified atom stereocenters. The van der Waals surface area contributed by atoms with Gasteiger partial charge in [-0.3, -0.25) is 15.2 Å². The van der Waals surface area contributed by atoms with E-state index in [2.05, 4.69) is 21.8 Å². The van der Waals surface area contributed by atoms with Crippen molar-refractivity contribution in [2.45, 2.75) is 5.16 Å². The summed E-state index contributed by atoms with van der Waals surface area (Å²) in [4.78, 5) is 16.8. The van der Waals surface area contributed by atoms with Gasteiger partial charge in [-0.15, -0.1) is 5.10 Å². The first-order chi connectivity index (χ1) is 10.4. The Bertz CT molecular complexity index is 713. The number of benzene rings is 1. The standard InChI is InChI=1S/C13H15N5O3S/c1-8(19)7-22-13-14-12(15-16-13)10-5-4-9(17(2)3)6-11(10)18(20)21/h4-6,19H,1,7H2,2-3H3,(H,14,15,16). The lowest BCUT2D eigenvalue weighted by Gasteiger charge is -2.12. The molecule has 0 aliphatic rings. The normalized spacial score (nSPS) is 10.5. The molecule has 1 aromatic carbocycles. The van der Waals surface area contributed by atoms with Gasteiger partial charge in [0.1, 0.15) is 0 Å². The first kappa shape index (κ1) is 15.8. The van der Waals surface area contributed by atoms with Crippen molar-refractivity contribution in [2.75, 3.05) is 24.7 Å². The lowest BCUT2D eigenvalue weighted by Crippen LogP contribution is -2.09. The molecule has 0 saturated heterocycles. The number of nitrogens with zero attached hydrogens (tertiary/aromatic N) is 4. The number of aliphatic hydroxyl groups is 1. The zero-order valence-corrected chi connectivity index (χ0v) is 12.9. The Morgan fingerprint density at radius 3 is 2.86 bits per heavy atom. The van der Waals surface area contributed by atoms with Gasteiger partial charge >= 0.3 is 0 Å². The van der Waals surface area contributed by atoms with E-state index in [1.54, 1.807) is 17.0 Å². The number of rotatable bonds is 6. The van der Waals surface area contributed by atoms with Crippen molar-refractivity contribution < 1.29 is 10.0 Å². The van der Waals surface area contributed by atoms with Crippen LogP contribution in [0.2, 0.25) is 0 Å². The monoisotopic (exact) mass is 321 g/mol. The van der Waals surface area contributed by atoms with Gasteiger partial charge in [0, 0.05) is 25.8 Å². The topological polar surface area (TPSA) is 108 Å². The molecule has 0 bridgehead atoms. The molecule has 2 rings (SSSR count). The lowest BCUT2D eigenvalue weighted by molar-refractivity contribution is -0.384. The average Bonchev–Trinajstić information content (AvgIpc) is 2.93. The smallest absolute Gasteiger partial charge is 0.282 e. The van der Waals surface area contributed by atoms with E-state index in [9.17, 15) is 10.1 Å². The SMILES string of the molecule is C=C(O)CSc1n[nH]c(-c2ccc(N(C)C)cc2[N+](=O)[O-])n1. The third kappa shape index (κ3) is 3.55. The number of hydrogen-bond acceptors (Lipinski definition) is 7. The van der Waals surface area contributed by atoms with Crippen molar-refractivity contribution in [1.82, 2.24) is 15.2 Å². The molecule has 1 aromatic heterocycles. The Labute approximate surface area is 131 Å². The largest absolute Gasteiger partial charge is 0.512 e. The van der Waals surface area contributed by atoms with Crippen LogP contribution in [0.5, 0.6) is 0 Å². The van der Waals surface area contributed by atoms with Crippen LogP contribution in [0, 0.1) is 10.1 Å². The quantitative estimate of drug-likeness (QED) is 0.364. The number of nitrogens with one attached hydrogen (secondary N) is 1. The number of hydrogen-bond donors (Lipinski definition) is 2. The minimum absolute atomic E-state index is 0.0117. The van der Waals surface area contributed by atoms with E-state index in [1.165, 1.54) is 17.8 Å². The summed E-state index contributed by atoms with van der Waals surface area (Å²) in [5.41, 5.74) is 1.03. The number of aromatic nitrogens is 3. The van der Waals surface area contributed by atoms with Crippen molar-refractivity contribution in [3.63, 3.8) is 0 Å². The third-order valence-corrected chi connectivity index (χ3v) is 3.70. The minimum atomic E-state index is -0.451. The van der Waals surface area contributed by atoms with E-state index in [1.807, 2.05) is 14.1 Å². The molecule has 0 spiro atoms. The van der Waals surface area contributed by atoms with Crippen LogP contribution in [0.25, 0.3) is 11.4 Å². The fraction of sp³-hybridized carbons (Fsp3) is 0.231. The molecule has 0 aliphatic carbocycles. The van der Waals surface area contributed by atoms with E-state index in [0.717, 1.165) is 5.69 Å². The van der Waals surface area contributed by atoms with E-state index >= 15 is 0 Å². The molecule has 2 aromatic rings. The zero-order valence-electron chi connectivity index (χ0n) is 12.1. The van der Waals surface area contributed by atoms with Gasteiger partial charge in [0.15, 0.2) is 5.82 Å². The van der Waals surface area contributed by atoms with Crippen LogP contribution in [0.15, 0.2) is 35.7 Å². The zero-order chi connectivity index (χ0) is 16.3. The Balaban J connectivity index is 2.35. The van der Waals surface area contributed by atoms with Crippen LogP contribution in [0.3, 0.4) is 0 Å². The van der Waals surface area contributed by atoms with E-state index in [0.29, 0.717) is 16.5 Å². The van der Waals surface area contributed by atoms with Crippen LogP contribution in [0.1, 0.15) is 0 Å². The van der Waals surface area contributed by atoms with Crippen LogP contribution in [0.4, 0.5) is 11.4 Å². The molecule has 22 heavy (non-hydrogen) atoms. The maximum Gasteiger partial charge on any atom is 0.282 e. The lowest BCUT2D eigenvalue weighted by atomic mass is 10.1. The van der Waals surface area contributed by atoms with Crippen molar-refractivity contribution in [1.29, 1.82) is 0 Å². The Hall–Kier alpha value is -2.55. The van der Waals surface area contributed by atoms with Crippen molar-refractivity contribution in [3.8, 4) is 11.4 Å². The predicted octanol–water partition coefficient (Wildman–Crippen LogP) is 2.61. The average molecular weight is 321 g/mol. The highest BCUT2D eigenvalue weighted by Crippen LogP contribution is 2.31. The first-order valence-corrected chi connectivity index (χ1v) is 7.25. The molecular formula is C13H15N5O3S. The summed E-state index contributed by atoms with van der Waals surface area (Å²) < 4.78 is 0. The van der Waals surface area contributed by atoms with E-state index in [-0.39, 0.29) is 17.2 Å². The second kappa shape index (κ2) is 6.48. The highest BCUT2D eigenvalue weighted by Gasteiger charge is 2.20. The van der Waals surface area contributed by atoms with E-state index in [4.69, 9.17) is 5.11 Å². The highest BCUT2D eigenvalue weighted by atomic mass is 32.2. The predicted molar refractivity (Wildman–Crippen MR) is 85.3 cm³/mol. The van der Waals surface area contributed by atoms with Gasteiger partial charge in [0.05, 0.1) is 22.0 Å². The number of aliphatic hydroxyl groups excluding tert-OH is 1. The molecule has 0 aliphatic heterocycles. The summed E-state index contributed by atoms with van der Waals surface area (Å²) in [5, 5.41) is 27.4. The van der Waals surface area contributed by atoms with Gasteiger partial charge in [-0.2, -0.15) is 0 Å². The molecule has 1 heterocycles. The first-order valence-electron chi connectivity index (χ1n) is 6.26. The van der Waals surface area contributed by atoms with Crippen LogP contribution >= 0.6 is 11.8 Å². The summed E-state index contributed by atoms with van der Waals surface area (Å²) in [6.07, 6.45) is 0. The number of nitro benzene ring substituents is 1. The fourth-order valence-electron chi connectivity index (χ4n) is 1.73. The van der Waals surface area contributed by atoms with E-state index < -0.39 is 4.92 Å². The van der Waals surface area contributed by atoms with Gasteiger partial charge in [-0.1, -0.05) is 18.3 Å². The highest BCUT2D eigenvalue weighted by molar-refractivity contribution is 7.99.